The number of rotatable bonds is 5. The van der Waals surface area contributed by atoms with E-state index in [0.29, 0.717) is 12.3 Å². The summed E-state index contributed by atoms with van der Waals surface area (Å²) >= 11 is 0. The fraction of sp³-hybridized carbons (Fsp3) is 0.533. The summed E-state index contributed by atoms with van der Waals surface area (Å²) in [4.78, 5) is 11.8. The average molecular weight is 263 g/mol. The first-order valence-corrected chi connectivity index (χ1v) is 6.75. The maximum atomic E-state index is 11.8. The molecule has 1 aliphatic heterocycles. The topological polar surface area (TPSA) is 47.6 Å². The third-order valence-corrected chi connectivity index (χ3v) is 3.45. The summed E-state index contributed by atoms with van der Waals surface area (Å²) in [5.74, 6) is 1.46. The molecule has 0 aliphatic carbocycles. The molecule has 1 N–H and O–H groups in total. The zero-order valence-electron chi connectivity index (χ0n) is 11.4. The van der Waals surface area contributed by atoms with Crippen molar-refractivity contribution in [2.24, 2.45) is 5.92 Å². The van der Waals surface area contributed by atoms with Crippen LogP contribution in [0.2, 0.25) is 0 Å². The summed E-state index contributed by atoms with van der Waals surface area (Å²) in [6.45, 7) is 2.40. The highest BCUT2D eigenvalue weighted by Crippen LogP contribution is 2.14. The van der Waals surface area contributed by atoms with Gasteiger partial charge in [-0.05, 0) is 36.5 Å². The first-order valence-electron chi connectivity index (χ1n) is 6.75. The van der Waals surface area contributed by atoms with Crippen molar-refractivity contribution in [1.29, 1.82) is 0 Å². The molecule has 0 unspecified atom stereocenters. The van der Waals surface area contributed by atoms with Crippen LogP contribution in [-0.2, 0) is 16.0 Å². The van der Waals surface area contributed by atoms with Gasteiger partial charge in [-0.1, -0.05) is 12.1 Å². The Hall–Kier alpha value is -1.55. The third-order valence-electron chi connectivity index (χ3n) is 3.45. The third kappa shape index (κ3) is 4.56. The molecule has 1 heterocycles. The van der Waals surface area contributed by atoms with Crippen LogP contribution in [0, 0.1) is 5.92 Å². The number of benzene rings is 1. The minimum absolute atomic E-state index is 0.0802. The number of hydrogen-bond acceptors (Lipinski definition) is 3. The van der Waals surface area contributed by atoms with Gasteiger partial charge in [0.25, 0.3) is 0 Å². The van der Waals surface area contributed by atoms with Crippen molar-refractivity contribution in [3.8, 4) is 5.75 Å². The molecule has 0 atom stereocenters. The van der Waals surface area contributed by atoms with Crippen molar-refractivity contribution >= 4 is 5.91 Å². The lowest BCUT2D eigenvalue weighted by molar-refractivity contribution is -0.120. The summed E-state index contributed by atoms with van der Waals surface area (Å²) in [6.07, 6.45) is 2.51. The number of methoxy groups -OCH3 is 1. The minimum atomic E-state index is 0.0802. The van der Waals surface area contributed by atoms with Crippen LogP contribution in [-0.4, -0.2) is 32.8 Å². The molecule has 0 radical (unpaired) electrons. The van der Waals surface area contributed by atoms with Crippen molar-refractivity contribution in [3.63, 3.8) is 0 Å². The van der Waals surface area contributed by atoms with Crippen LogP contribution in [0.15, 0.2) is 24.3 Å². The van der Waals surface area contributed by atoms with Crippen LogP contribution in [0.25, 0.3) is 0 Å². The highest BCUT2D eigenvalue weighted by Gasteiger charge is 2.14. The number of nitrogens with one attached hydrogen (secondary N) is 1. The van der Waals surface area contributed by atoms with E-state index in [9.17, 15) is 4.79 Å². The molecule has 0 bridgehead atoms. The van der Waals surface area contributed by atoms with Gasteiger partial charge in [-0.25, -0.2) is 0 Å². The molecule has 2 rings (SSSR count). The molecular weight excluding hydrogens is 242 g/mol. The van der Waals surface area contributed by atoms with E-state index in [-0.39, 0.29) is 5.91 Å². The smallest absolute Gasteiger partial charge is 0.224 e. The van der Waals surface area contributed by atoms with Crippen LogP contribution < -0.4 is 10.1 Å². The second-order valence-electron chi connectivity index (χ2n) is 4.88. The Morgan fingerprint density at radius 1 is 1.32 bits per heavy atom. The van der Waals surface area contributed by atoms with Gasteiger partial charge in [0.2, 0.25) is 5.91 Å². The number of carbonyl (C=O) groups excluding carboxylic acids is 1. The monoisotopic (exact) mass is 263 g/mol. The summed E-state index contributed by atoms with van der Waals surface area (Å²) < 4.78 is 10.4. The van der Waals surface area contributed by atoms with Gasteiger partial charge < -0.3 is 14.8 Å². The summed E-state index contributed by atoms with van der Waals surface area (Å²) in [6, 6.07) is 7.60. The Bertz CT molecular complexity index is 396. The van der Waals surface area contributed by atoms with Crippen molar-refractivity contribution < 1.29 is 14.3 Å². The molecule has 19 heavy (non-hydrogen) atoms. The normalized spacial score (nSPS) is 16.1. The molecule has 1 fully saturated rings. The standard InChI is InChI=1S/C15H21NO3/c1-18-14-4-2-12(3-5-14)10-15(17)16-11-13-6-8-19-9-7-13/h2-5,13H,6-11H2,1H3,(H,16,17). The van der Waals surface area contributed by atoms with E-state index in [1.54, 1.807) is 7.11 Å². The van der Waals surface area contributed by atoms with Crippen LogP contribution in [0.5, 0.6) is 5.75 Å². The minimum Gasteiger partial charge on any atom is -0.497 e. The first-order chi connectivity index (χ1) is 9.28. The van der Waals surface area contributed by atoms with E-state index in [0.717, 1.165) is 43.9 Å². The van der Waals surface area contributed by atoms with Gasteiger partial charge in [-0.15, -0.1) is 0 Å². The Balaban J connectivity index is 1.73. The molecule has 0 aromatic heterocycles. The molecule has 104 valence electrons. The lowest BCUT2D eigenvalue weighted by Gasteiger charge is -2.22. The molecule has 1 aromatic carbocycles. The van der Waals surface area contributed by atoms with Crippen molar-refractivity contribution in [3.05, 3.63) is 29.8 Å². The predicted octanol–water partition coefficient (Wildman–Crippen LogP) is 1.78. The molecular formula is C15H21NO3. The average Bonchev–Trinajstić information content (AvgIpc) is 2.47. The predicted molar refractivity (Wildman–Crippen MR) is 73.3 cm³/mol. The van der Waals surface area contributed by atoms with Gasteiger partial charge in [-0.2, -0.15) is 0 Å². The van der Waals surface area contributed by atoms with Crippen molar-refractivity contribution in [1.82, 2.24) is 5.32 Å². The molecule has 4 nitrogen and oxygen atoms in total. The van der Waals surface area contributed by atoms with E-state index in [2.05, 4.69) is 5.32 Å². The number of amides is 1. The van der Waals surface area contributed by atoms with Crippen molar-refractivity contribution in [2.45, 2.75) is 19.3 Å². The zero-order valence-corrected chi connectivity index (χ0v) is 11.4. The lowest BCUT2D eigenvalue weighted by Crippen LogP contribution is -2.33. The maximum absolute atomic E-state index is 11.8. The van der Waals surface area contributed by atoms with E-state index in [1.807, 2.05) is 24.3 Å². The SMILES string of the molecule is COc1ccc(CC(=O)NCC2CCOCC2)cc1. The van der Waals surface area contributed by atoms with Gasteiger partial charge in [0, 0.05) is 19.8 Å². The van der Waals surface area contributed by atoms with E-state index < -0.39 is 0 Å². The van der Waals surface area contributed by atoms with Gasteiger partial charge >= 0.3 is 0 Å². The zero-order chi connectivity index (χ0) is 13.5. The quantitative estimate of drug-likeness (QED) is 0.881. The molecule has 4 heteroatoms. The Morgan fingerprint density at radius 3 is 2.63 bits per heavy atom. The molecule has 1 amide bonds. The highest BCUT2D eigenvalue weighted by molar-refractivity contribution is 5.78. The van der Waals surface area contributed by atoms with E-state index >= 15 is 0 Å². The molecule has 1 saturated heterocycles. The second-order valence-corrected chi connectivity index (χ2v) is 4.88. The molecule has 0 spiro atoms. The maximum Gasteiger partial charge on any atom is 0.224 e. The fourth-order valence-electron chi connectivity index (χ4n) is 2.20. The summed E-state index contributed by atoms with van der Waals surface area (Å²) in [5, 5.41) is 3.00. The largest absolute Gasteiger partial charge is 0.497 e. The van der Waals surface area contributed by atoms with Crippen molar-refractivity contribution in [2.75, 3.05) is 26.9 Å². The molecule has 1 aliphatic rings. The molecule has 1 aromatic rings. The van der Waals surface area contributed by atoms with Crippen LogP contribution >= 0.6 is 0 Å². The van der Waals surface area contributed by atoms with Gasteiger partial charge in [0.15, 0.2) is 0 Å². The number of hydrogen-bond donors (Lipinski definition) is 1. The summed E-state index contributed by atoms with van der Waals surface area (Å²) in [7, 11) is 1.63. The Kier molecular flexibility index (Phi) is 5.21. The van der Waals surface area contributed by atoms with Gasteiger partial charge in [0.05, 0.1) is 13.5 Å². The number of ether oxygens (including phenoxy) is 2. The summed E-state index contributed by atoms with van der Waals surface area (Å²) in [5.41, 5.74) is 1.00. The second kappa shape index (κ2) is 7.14. The Labute approximate surface area is 114 Å². The fourth-order valence-corrected chi connectivity index (χ4v) is 2.20. The first kappa shape index (κ1) is 13.9. The van der Waals surface area contributed by atoms with E-state index in [1.165, 1.54) is 0 Å². The van der Waals surface area contributed by atoms with Crippen LogP contribution in [0.3, 0.4) is 0 Å². The van der Waals surface area contributed by atoms with Gasteiger partial charge in [-0.3, -0.25) is 4.79 Å². The van der Waals surface area contributed by atoms with Crippen LogP contribution in [0.1, 0.15) is 18.4 Å². The lowest BCUT2D eigenvalue weighted by atomic mass is 10.0. The molecule has 0 saturated carbocycles. The highest BCUT2D eigenvalue weighted by atomic mass is 16.5. The number of carbonyl (C=O) groups is 1. The van der Waals surface area contributed by atoms with Gasteiger partial charge in [0.1, 0.15) is 5.75 Å². The van der Waals surface area contributed by atoms with Crippen LogP contribution in [0.4, 0.5) is 0 Å². The Morgan fingerprint density at radius 2 is 2.00 bits per heavy atom. The van der Waals surface area contributed by atoms with E-state index in [4.69, 9.17) is 9.47 Å².